The van der Waals surface area contributed by atoms with E-state index >= 15 is 0 Å². The molecule has 1 aromatic carbocycles. The minimum absolute atomic E-state index is 0.201. The van der Waals surface area contributed by atoms with Crippen molar-refractivity contribution in [3.63, 3.8) is 0 Å². The van der Waals surface area contributed by atoms with Crippen molar-refractivity contribution < 1.29 is 29.2 Å². The number of rotatable bonds is 7. The Hall–Kier alpha value is -1.17. The summed E-state index contributed by atoms with van der Waals surface area (Å²) < 4.78 is 10.8. The second-order valence-corrected chi connectivity index (χ2v) is 5.98. The van der Waals surface area contributed by atoms with Crippen LogP contribution >= 0.6 is 8.81 Å². The fraction of sp³-hybridized carbons (Fsp3) is 0.500. The normalized spacial score (nSPS) is 15.2. The molecule has 1 aliphatic heterocycles. The Bertz CT molecular complexity index is 585. The van der Waals surface area contributed by atoms with E-state index in [2.05, 4.69) is 0 Å². The third-order valence-corrected chi connectivity index (χ3v) is 4.18. The van der Waals surface area contributed by atoms with Crippen molar-refractivity contribution in [1.29, 1.82) is 0 Å². The first-order valence-electron chi connectivity index (χ1n) is 7.35. The van der Waals surface area contributed by atoms with E-state index in [0.29, 0.717) is 31.7 Å². The highest BCUT2D eigenvalue weighted by Gasteiger charge is 2.24. The lowest BCUT2D eigenvalue weighted by molar-refractivity contribution is -0.322. The maximum Gasteiger partial charge on any atom is 0.129 e. The number of methoxy groups -OCH3 is 1. The fourth-order valence-electron chi connectivity index (χ4n) is 2.63. The summed E-state index contributed by atoms with van der Waals surface area (Å²) in [5.41, 5.74) is 4.40. The standard InChI is InChI=1S/C16H23O6P/c1-10(6-20-9-23-18)4-5-12-15(17)14-8-22-21-7-13(14)11(2)16(12)19-3/h4,17-18,23H,5-9H2,1-3H3/b10-4+. The Morgan fingerprint density at radius 3 is 2.65 bits per heavy atom. The lowest BCUT2D eigenvalue weighted by Gasteiger charge is -2.23. The van der Waals surface area contributed by atoms with Gasteiger partial charge in [-0.2, -0.15) is 0 Å². The van der Waals surface area contributed by atoms with Gasteiger partial charge >= 0.3 is 0 Å². The van der Waals surface area contributed by atoms with Gasteiger partial charge in [0, 0.05) is 19.9 Å². The van der Waals surface area contributed by atoms with Crippen LogP contribution in [-0.4, -0.2) is 30.1 Å². The summed E-state index contributed by atoms with van der Waals surface area (Å²) in [5, 5.41) is 10.6. The third kappa shape index (κ3) is 4.22. The number of phenolic OH excluding ortho intramolecular Hbond substituents is 1. The van der Waals surface area contributed by atoms with Crippen molar-refractivity contribution >= 4 is 8.81 Å². The van der Waals surface area contributed by atoms with Gasteiger partial charge in [0.05, 0.1) is 20.1 Å². The van der Waals surface area contributed by atoms with Gasteiger partial charge < -0.3 is 19.5 Å². The molecule has 0 radical (unpaired) electrons. The zero-order chi connectivity index (χ0) is 16.8. The van der Waals surface area contributed by atoms with E-state index in [4.69, 9.17) is 24.1 Å². The predicted molar refractivity (Wildman–Crippen MR) is 87.8 cm³/mol. The smallest absolute Gasteiger partial charge is 0.129 e. The van der Waals surface area contributed by atoms with Crippen molar-refractivity contribution in [2.24, 2.45) is 0 Å². The van der Waals surface area contributed by atoms with E-state index in [1.165, 1.54) is 0 Å². The lowest BCUT2D eigenvalue weighted by Crippen LogP contribution is -2.12. The van der Waals surface area contributed by atoms with Crippen LogP contribution in [0.15, 0.2) is 11.6 Å². The van der Waals surface area contributed by atoms with E-state index in [-0.39, 0.29) is 21.2 Å². The molecule has 23 heavy (non-hydrogen) atoms. The minimum atomic E-state index is -0.206. The zero-order valence-corrected chi connectivity index (χ0v) is 14.6. The summed E-state index contributed by atoms with van der Waals surface area (Å²) in [5.74, 6) is 0.876. The van der Waals surface area contributed by atoms with Crippen molar-refractivity contribution in [2.75, 3.05) is 20.1 Å². The number of ether oxygens (including phenoxy) is 2. The molecule has 6 nitrogen and oxygen atoms in total. The van der Waals surface area contributed by atoms with Gasteiger partial charge in [-0.05, 0) is 31.4 Å². The zero-order valence-electron chi connectivity index (χ0n) is 13.6. The molecule has 1 aliphatic rings. The van der Waals surface area contributed by atoms with Crippen LogP contribution in [0.25, 0.3) is 0 Å². The highest BCUT2D eigenvalue weighted by Crippen LogP contribution is 2.40. The van der Waals surface area contributed by atoms with Crippen LogP contribution in [0.4, 0.5) is 0 Å². The van der Waals surface area contributed by atoms with Gasteiger partial charge in [0.25, 0.3) is 0 Å². The Labute approximate surface area is 137 Å². The van der Waals surface area contributed by atoms with Crippen molar-refractivity contribution in [3.05, 3.63) is 33.9 Å². The molecule has 1 heterocycles. The summed E-state index contributed by atoms with van der Waals surface area (Å²) >= 11 is 0. The Kier molecular flexibility index (Phi) is 6.81. The Morgan fingerprint density at radius 1 is 1.30 bits per heavy atom. The topological polar surface area (TPSA) is 77.4 Å². The molecule has 1 unspecified atom stereocenters. The SMILES string of the molecule is COc1c(C)c2c(c(O)c1C/C=C(\C)COCPO)COOC2. The van der Waals surface area contributed by atoms with Gasteiger partial charge in [0.1, 0.15) is 24.7 Å². The van der Waals surface area contributed by atoms with E-state index in [1.807, 2.05) is 19.9 Å². The molecule has 2 N–H and O–H groups in total. The van der Waals surface area contributed by atoms with Gasteiger partial charge in [-0.3, -0.25) is 0 Å². The maximum absolute atomic E-state index is 10.6. The molecule has 2 rings (SSSR count). The fourth-order valence-corrected chi connectivity index (χ4v) is 2.83. The molecule has 0 spiro atoms. The Morgan fingerprint density at radius 2 is 2.00 bits per heavy atom. The highest BCUT2D eigenvalue weighted by molar-refractivity contribution is 7.30. The number of phenols is 1. The van der Waals surface area contributed by atoms with Gasteiger partial charge in [0.15, 0.2) is 0 Å². The summed E-state index contributed by atoms with van der Waals surface area (Å²) in [6, 6.07) is 0. The second-order valence-electron chi connectivity index (χ2n) is 5.37. The summed E-state index contributed by atoms with van der Waals surface area (Å²) in [4.78, 5) is 18.7. The third-order valence-electron chi connectivity index (χ3n) is 3.85. The molecule has 0 bridgehead atoms. The van der Waals surface area contributed by atoms with E-state index < -0.39 is 0 Å². The maximum atomic E-state index is 10.6. The molecule has 0 aromatic heterocycles. The molecular formula is C16H23O6P. The number of hydrogen-bond acceptors (Lipinski definition) is 6. The van der Waals surface area contributed by atoms with Crippen LogP contribution in [0, 0.1) is 6.92 Å². The molecule has 128 valence electrons. The van der Waals surface area contributed by atoms with Crippen molar-refractivity contribution in [3.8, 4) is 11.5 Å². The molecule has 0 saturated carbocycles. The number of benzene rings is 1. The van der Waals surface area contributed by atoms with Crippen LogP contribution in [0.5, 0.6) is 11.5 Å². The average Bonchev–Trinajstić information content (AvgIpc) is 2.57. The van der Waals surface area contributed by atoms with Crippen LogP contribution in [-0.2, 0) is 34.1 Å². The van der Waals surface area contributed by atoms with Crippen LogP contribution in [0.1, 0.15) is 29.2 Å². The van der Waals surface area contributed by atoms with Gasteiger partial charge in [-0.25, -0.2) is 9.78 Å². The number of hydrogen-bond donors (Lipinski definition) is 2. The minimum Gasteiger partial charge on any atom is -0.507 e. The molecule has 1 aromatic rings. The second kappa shape index (κ2) is 8.62. The molecule has 0 aliphatic carbocycles. The van der Waals surface area contributed by atoms with Crippen LogP contribution in [0.2, 0.25) is 0 Å². The highest BCUT2D eigenvalue weighted by atomic mass is 31.1. The summed E-state index contributed by atoms with van der Waals surface area (Å²) in [6.07, 6.45) is 2.86. The number of allylic oxidation sites excluding steroid dienone is 1. The monoisotopic (exact) mass is 342 g/mol. The quantitative estimate of drug-likeness (QED) is 0.343. The molecule has 0 fully saturated rings. The summed E-state index contributed by atoms with van der Waals surface area (Å²) in [6.45, 7) is 4.89. The van der Waals surface area contributed by atoms with Crippen molar-refractivity contribution in [2.45, 2.75) is 33.5 Å². The molecular weight excluding hydrogens is 319 g/mol. The lowest BCUT2D eigenvalue weighted by atomic mass is 9.94. The average molecular weight is 342 g/mol. The van der Waals surface area contributed by atoms with E-state index in [9.17, 15) is 5.11 Å². The van der Waals surface area contributed by atoms with Gasteiger partial charge in [-0.1, -0.05) is 11.6 Å². The van der Waals surface area contributed by atoms with Crippen LogP contribution in [0.3, 0.4) is 0 Å². The van der Waals surface area contributed by atoms with Crippen LogP contribution < -0.4 is 4.74 Å². The molecule has 1 atom stereocenters. The molecule has 0 saturated heterocycles. The molecule has 0 amide bonds. The number of aromatic hydroxyl groups is 1. The first-order valence-corrected chi connectivity index (χ1v) is 8.50. The largest absolute Gasteiger partial charge is 0.507 e. The van der Waals surface area contributed by atoms with Gasteiger partial charge in [0.2, 0.25) is 0 Å². The first-order chi connectivity index (χ1) is 11.1. The summed E-state index contributed by atoms with van der Waals surface area (Å²) in [7, 11) is 1.39. The number of fused-ring (bicyclic) bond motifs is 1. The van der Waals surface area contributed by atoms with E-state index in [1.54, 1.807) is 7.11 Å². The van der Waals surface area contributed by atoms with Crippen molar-refractivity contribution in [1.82, 2.24) is 0 Å². The first kappa shape index (κ1) is 18.2. The van der Waals surface area contributed by atoms with E-state index in [0.717, 1.165) is 27.8 Å². The molecule has 7 heteroatoms. The van der Waals surface area contributed by atoms with Gasteiger partial charge in [-0.15, -0.1) is 0 Å². The predicted octanol–water partition coefficient (Wildman–Crippen LogP) is 2.72. The Balaban J connectivity index is 2.27.